The second kappa shape index (κ2) is 5.83. The normalized spacial score (nSPS) is 26.3. The summed E-state index contributed by atoms with van der Waals surface area (Å²) in [5.74, 6) is 0. The third-order valence-electron chi connectivity index (χ3n) is 3.64. The lowest BCUT2D eigenvalue weighted by molar-refractivity contribution is 0.141. The van der Waals surface area contributed by atoms with Crippen LogP contribution < -0.4 is 5.32 Å². The first kappa shape index (κ1) is 13.5. The van der Waals surface area contributed by atoms with E-state index in [9.17, 15) is 0 Å². The van der Waals surface area contributed by atoms with Crippen LogP contribution in [0.2, 0.25) is 0 Å². The van der Waals surface area contributed by atoms with Gasteiger partial charge in [0.1, 0.15) is 0 Å². The number of halogens is 1. The minimum atomic E-state index is 0.314. The lowest BCUT2D eigenvalue weighted by Crippen LogP contribution is -2.58. The number of thiophene rings is 1. The highest BCUT2D eigenvalue weighted by atomic mass is 79.9. The van der Waals surface area contributed by atoms with Crippen LogP contribution >= 0.6 is 27.3 Å². The summed E-state index contributed by atoms with van der Waals surface area (Å²) in [5, 5.41) is 3.63. The Labute approximate surface area is 117 Å². The average molecular weight is 317 g/mol. The zero-order valence-corrected chi connectivity index (χ0v) is 13.0. The van der Waals surface area contributed by atoms with E-state index in [2.05, 4.69) is 52.1 Å². The predicted molar refractivity (Wildman–Crippen MR) is 78.9 cm³/mol. The van der Waals surface area contributed by atoms with E-state index < -0.39 is 0 Å². The van der Waals surface area contributed by atoms with Crippen molar-refractivity contribution in [1.82, 2.24) is 10.2 Å². The zero-order chi connectivity index (χ0) is 12.3. The van der Waals surface area contributed by atoms with Crippen molar-refractivity contribution in [2.75, 3.05) is 26.2 Å². The van der Waals surface area contributed by atoms with Crippen molar-refractivity contribution in [3.8, 4) is 0 Å². The molecule has 0 radical (unpaired) electrons. The third kappa shape index (κ3) is 3.78. The second-order valence-electron chi connectivity index (χ2n) is 5.07. The second-order valence-corrected chi connectivity index (χ2v) is 7.62. The molecular formula is C13H21BrN2S. The molecule has 2 heterocycles. The van der Waals surface area contributed by atoms with Gasteiger partial charge in [-0.15, -0.1) is 11.3 Å². The SMILES string of the molecule is CCC1(C)CN(CCc2ccc(Br)s2)CCN1. The van der Waals surface area contributed by atoms with Gasteiger partial charge in [-0.05, 0) is 47.8 Å². The van der Waals surface area contributed by atoms with Gasteiger partial charge in [0.2, 0.25) is 0 Å². The summed E-state index contributed by atoms with van der Waals surface area (Å²) in [6.07, 6.45) is 2.38. The van der Waals surface area contributed by atoms with Crippen molar-refractivity contribution in [2.45, 2.75) is 32.2 Å². The summed E-state index contributed by atoms with van der Waals surface area (Å²) >= 11 is 5.38. The fraction of sp³-hybridized carbons (Fsp3) is 0.692. The number of piperazine rings is 1. The molecule has 1 N–H and O–H groups in total. The van der Waals surface area contributed by atoms with Crippen LogP contribution in [0.3, 0.4) is 0 Å². The Balaban J connectivity index is 1.83. The zero-order valence-electron chi connectivity index (χ0n) is 10.6. The first-order chi connectivity index (χ1) is 8.11. The number of hydrogen-bond donors (Lipinski definition) is 1. The van der Waals surface area contributed by atoms with E-state index >= 15 is 0 Å². The van der Waals surface area contributed by atoms with Gasteiger partial charge >= 0.3 is 0 Å². The van der Waals surface area contributed by atoms with Crippen LogP contribution in [-0.4, -0.2) is 36.6 Å². The first-order valence-corrected chi connectivity index (χ1v) is 7.94. The molecule has 1 aromatic rings. The molecule has 1 unspecified atom stereocenters. The standard InChI is InChI=1S/C13H21BrN2S/c1-3-13(2)10-16(9-7-15-13)8-6-11-4-5-12(14)17-11/h4-5,15H,3,6-10H2,1-2H3. The van der Waals surface area contributed by atoms with Gasteiger partial charge in [0.25, 0.3) is 0 Å². The smallest absolute Gasteiger partial charge is 0.0701 e. The molecule has 96 valence electrons. The molecule has 1 aliphatic heterocycles. The molecule has 1 saturated heterocycles. The van der Waals surface area contributed by atoms with Gasteiger partial charge in [-0.1, -0.05) is 6.92 Å². The largest absolute Gasteiger partial charge is 0.309 e. The molecule has 17 heavy (non-hydrogen) atoms. The van der Waals surface area contributed by atoms with Crippen LogP contribution in [0.1, 0.15) is 25.1 Å². The topological polar surface area (TPSA) is 15.3 Å². The van der Waals surface area contributed by atoms with Crippen LogP contribution in [0.4, 0.5) is 0 Å². The van der Waals surface area contributed by atoms with E-state index in [1.54, 1.807) is 0 Å². The maximum Gasteiger partial charge on any atom is 0.0701 e. The maximum absolute atomic E-state index is 3.63. The Morgan fingerprint density at radius 3 is 3.00 bits per heavy atom. The predicted octanol–water partition coefficient (Wildman–Crippen LogP) is 3.13. The quantitative estimate of drug-likeness (QED) is 0.918. The van der Waals surface area contributed by atoms with E-state index in [4.69, 9.17) is 0 Å². The Morgan fingerprint density at radius 1 is 1.53 bits per heavy atom. The van der Waals surface area contributed by atoms with Crippen LogP contribution in [0.15, 0.2) is 15.9 Å². The Hall–Kier alpha value is 0.1000. The third-order valence-corrected chi connectivity index (χ3v) is 5.32. The molecule has 1 fully saturated rings. The van der Waals surface area contributed by atoms with Crippen molar-refractivity contribution in [1.29, 1.82) is 0 Å². The molecule has 1 aromatic heterocycles. The number of nitrogens with zero attached hydrogens (tertiary/aromatic N) is 1. The average Bonchev–Trinajstić information content (AvgIpc) is 2.73. The van der Waals surface area contributed by atoms with Crippen molar-refractivity contribution in [2.24, 2.45) is 0 Å². The molecule has 1 atom stereocenters. The van der Waals surface area contributed by atoms with Crippen LogP contribution in [-0.2, 0) is 6.42 Å². The Kier molecular flexibility index (Phi) is 4.64. The fourth-order valence-corrected chi connectivity index (χ4v) is 3.80. The Morgan fingerprint density at radius 2 is 2.35 bits per heavy atom. The Bertz CT molecular complexity index is 366. The van der Waals surface area contributed by atoms with Gasteiger partial charge in [-0.3, -0.25) is 4.90 Å². The van der Waals surface area contributed by atoms with E-state index in [0.29, 0.717) is 5.54 Å². The monoisotopic (exact) mass is 316 g/mol. The highest BCUT2D eigenvalue weighted by Crippen LogP contribution is 2.23. The molecule has 2 nitrogen and oxygen atoms in total. The lowest BCUT2D eigenvalue weighted by Gasteiger charge is -2.41. The molecule has 0 spiro atoms. The van der Waals surface area contributed by atoms with E-state index in [1.165, 1.54) is 41.1 Å². The molecule has 0 saturated carbocycles. The number of rotatable bonds is 4. The van der Waals surface area contributed by atoms with Gasteiger partial charge in [0.15, 0.2) is 0 Å². The van der Waals surface area contributed by atoms with Crippen molar-refractivity contribution in [3.05, 3.63) is 20.8 Å². The summed E-state index contributed by atoms with van der Waals surface area (Å²) in [6, 6.07) is 4.38. The molecule has 0 amide bonds. The molecule has 2 rings (SSSR count). The summed E-state index contributed by atoms with van der Waals surface area (Å²) in [4.78, 5) is 4.07. The van der Waals surface area contributed by atoms with E-state index in [1.807, 2.05) is 11.3 Å². The van der Waals surface area contributed by atoms with Gasteiger partial charge in [-0.2, -0.15) is 0 Å². The van der Waals surface area contributed by atoms with Crippen LogP contribution in [0, 0.1) is 0 Å². The summed E-state index contributed by atoms with van der Waals surface area (Å²) in [5.41, 5.74) is 0.314. The minimum absolute atomic E-state index is 0.314. The highest BCUT2D eigenvalue weighted by molar-refractivity contribution is 9.11. The summed E-state index contributed by atoms with van der Waals surface area (Å²) in [6.45, 7) is 9.27. The molecule has 1 aliphatic rings. The van der Waals surface area contributed by atoms with Gasteiger partial charge in [0, 0.05) is 36.6 Å². The van der Waals surface area contributed by atoms with Crippen LogP contribution in [0.5, 0.6) is 0 Å². The maximum atomic E-state index is 3.63. The number of nitrogens with one attached hydrogen (secondary N) is 1. The highest BCUT2D eigenvalue weighted by Gasteiger charge is 2.28. The van der Waals surface area contributed by atoms with Gasteiger partial charge < -0.3 is 5.32 Å². The van der Waals surface area contributed by atoms with Crippen molar-refractivity contribution >= 4 is 27.3 Å². The van der Waals surface area contributed by atoms with Gasteiger partial charge in [-0.25, -0.2) is 0 Å². The summed E-state index contributed by atoms with van der Waals surface area (Å²) < 4.78 is 1.24. The first-order valence-electron chi connectivity index (χ1n) is 6.33. The fourth-order valence-electron chi connectivity index (χ4n) is 2.33. The van der Waals surface area contributed by atoms with Crippen LogP contribution in [0.25, 0.3) is 0 Å². The van der Waals surface area contributed by atoms with E-state index in [-0.39, 0.29) is 0 Å². The molecule has 0 bridgehead atoms. The number of hydrogen-bond acceptors (Lipinski definition) is 3. The molecule has 0 aromatic carbocycles. The van der Waals surface area contributed by atoms with Crippen molar-refractivity contribution < 1.29 is 0 Å². The molecular weight excluding hydrogens is 296 g/mol. The van der Waals surface area contributed by atoms with Crippen molar-refractivity contribution in [3.63, 3.8) is 0 Å². The summed E-state index contributed by atoms with van der Waals surface area (Å²) in [7, 11) is 0. The van der Waals surface area contributed by atoms with Gasteiger partial charge in [0.05, 0.1) is 3.79 Å². The molecule has 4 heteroatoms. The van der Waals surface area contributed by atoms with E-state index in [0.717, 1.165) is 6.54 Å². The lowest BCUT2D eigenvalue weighted by atomic mass is 9.96. The minimum Gasteiger partial charge on any atom is -0.309 e. The molecule has 0 aliphatic carbocycles.